The smallest absolute Gasteiger partial charge is 0.364 e. The summed E-state index contributed by atoms with van der Waals surface area (Å²) in [7, 11) is 2.88. The fourth-order valence-corrected chi connectivity index (χ4v) is 2.10. The van der Waals surface area contributed by atoms with E-state index in [1.54, 1.807) is 0 Å². The van der Waals surface area contributed by atoms with E-state index in [0.29, 0.717) is 11.5 Å². The number of rotatable bonds is 5. The largest absolute Gasteiger partial charge is 0.493 e. The summed E-state index contributed by atoms with van der Waals surface area (Å²) < 4.78 is 10.2. The van der Waals surface area contributed by atoms with Gasteiger partial charge < -0.3 is 19.6 Å². The standard InChI is InChI=1S/C16H15N3O6/c1-9-6-11(8-14(17-9)19(22)23)16(21)18-15(20)10-4-5-12(24-2)13(7-10)25-3/h4-8H,1-3H3,(H,18,20,21). The minimum absolute atomic E-state index is 0.0342. The summed E-state index contributed by atoms with van der Waals surface area (Å²) in [6.45, 7) is 1.51. The SMILES string of the molecule is COc1ccc(C(=O)NC(=O)c2cc(C)nc([N+](=O)[O-])c2)cc1OC. The van der Waals surface area contributed by atoms with Crippen molar-refractivity contribution in [3.05, 3.63) is 57.3 Å². The highest BCUT2D eigenvalue weighted by molar-refractivity contribution is 6.10. The Labute approximate surface area is 142 Å². The molecular weight excluding hydrogens is 330 g/mol. The van der Waals surface area contributed by atoms with Gasteiger partial charge in [-0.2, -0.15) is 0 Å². The predicted molar refractivity (Wildman–Crippen MR) is 87.0 cm³/mol. The van der Waals surface area contributed by atoms with Gasteiger partial charge in [-0.05, 0) is 34.2 Å². The second kappa shape index (κ2) is 7.39. The van der Waals surface area contributed by atoms with E-state index in [1.807, 2.05) is 0 Å². The number of imide groups is 1. The maximum atomic E-state index is 12.2. The number of carbonyl (C=O) groups excluding carboxylic acids is 2. The quantitative estimate of drug-likeness (QED) is 0.499. The molecule has 0 spiro atoms. The van der Waals surface area contributed by atoms with Gasteiger partial charge in [0.25, 0.3) is 11.8 Å². The van der Waals surface area contributed by atoms with Crippen LogP contribution in [0.2, 0.25) is 0 Å². The minimum Gasteiger partial charge on any atom is -0.493 e. The highest BCUT2D eigenvalue weighted by Gasteiger charge is 2.19. The number of carbonyl (C=O) groups is 2. The average molecular weight is 345 g/mol. The van der Waals surface area contributed by atoms with Crippen LogP contribution < -0.4 is 14.8 Å². The summed E-state index contributed by atoms with van der Waals surface area (Å²) >= 11 is 0. The van der Waals surface area contributed by atoms with Gasteiger partial charge in [0.05, 0.1) is 19.8 Å². The molecular formula is C16H15N3O6. The summed E-state index contributed by atoms with van der Waals surface area (Å²) in [5.74, 6) is -1.15. The van der Waals surface area contributed by atoms with Crippen LogP contribution in [0, 0.1) is 17.0 Å². The number of methoxy groups -OCH3 is 2. The maximum absolute atomic E-state index is 12.2. The van der Waals surface area contributed by atoms with E-state index in [1.165, 1.54) is 45.4 Å². The van der Waals surface area contributed by atoms with Gasteiger partial charge in [-0.25, -0.2) is 0 Å². The third-order valence-corrected chi connectivity index (χ3v) is 3.26. The number of nitrogens with one attached hydrogen (secondary N) is 1. The molecule has 1 aromatic heterocycles. The third kappa shape index (κ3) is 4.08. The molecule has 0 aliphatic carbocycles. The van der Waals surface area contributed by atoms with E-state index in [4.69, 9.17) is 9.47 Å². The summed E-state index contributed by atoms with van der Waals surface area (Å²) in [6.07, 6.45) is 0. The first-order valence-corrected chi connectivity index (χ1v) is 7.06. The number of benzene rings is 1. The van der Waals surface area contributed by atoms with E-state index in [2.05, 4.69) is 10.3 Å². The zero-order valence-electron chi connectivity index (χ0n) is 13.7. The molecule has 0 aliphatic rings. The number of aromatic nitrogens is 1. The normalized spacial score (nSPS) is 10.0. The number of nitro groups is 1. The Morgan fingerprint density at radius 3 is 2.28 bits per heavy atom. The molecule has 0 radical (unpaired) electrons. The maximum Gasteiger partial charge on any atom is 0.364 e. The van der Waals surface area contributed by atoms with Crippen LogP contribution in [0.15, 0.2) is 30.3 Å². The fourth-order valence-electron chi connectivity index (χ4n) is 2.10. The minimum atomic E-state index is -0.770. The second-order valence-corrected chi connectivity index (χ2v) is 4.97. The zero-order chi connectivity index (χ0) is 18.6. The van der Waals surface area contributed by atoms with Gasteiger partial charge in [-0.15, -0.1) is 0 Å². The molecule has 0 atom stereocenters. The first kappa shape index (κ1) is 17.9. The van der Waals surface area contributed by atoms with Crippen molar-refractivity contribution in [2.75, 3.05) is 14.2 Å². The van der Waals surface area contributed by atoms with Crippen molar-refractivity contribution in [3.8, 4) is 11.5 Å². The van der Waals surface area contributed by atoms with E-state index < -0.39 is 22.6 Å². The number of nitrogens with zero attached hydrogens (tertiary/aromatic N) is 2. The lowest BCUT2D eigenvalue weighted by Gasteiger charge is -2.09. The molecule has 0 aliphatic heterocycles. The Balaban J connectivity index is 2.23. The van der Waals surface area contributed by atoms with Crippen LogP contribution in [0.5, 0.6) is 11.5 Å². The molecule has 1 heterocycles. The lowest BCUT2D eigenvalue weighted by molar-refractivity contribution is -0.389. The van der Waals surface area contributed by atoms with E-state index in [9.17, 15) is 19.7 Å². The van der Waals surface area contributed by atoms with E-state index in [0.717, 1.165) is 6.07 Å². The Morgan fingerprint density at radius 1 is 1.04 bits per heavy atom. The number of aryl methyl sites for hydroxylation is 1. The predicted octanol–water partition coefficient (Wildman–Crippen LogP) is 1.89. The van der Waals surface area contributed by atoms with Gasteiger partial charge in [0.2, 0.25) is 0 Å². The van der Waals surface area contributed by atoms with E-state index in [-0.39, 0.29) is 16.8 Å². The molecule has 0 fully saturated rings. The molecule has 2 rings (SSSR count). The van der Waals surface area contributed by atoms with Gasteiger partial charge in [0.15, 0.2) is 17.2 Å². The number of ether oxygens (including phenoxy) is 2. The number of amides is 2. The van der Waals surface area contributed by atoms with Crippen LogP contribution >= 0.6 is 0 Å². The topological polar surface area (TPSA) is 121 Å². The molecule has 0 unspecified atom stereocenters. The molecule has 2 aromatic rings. The Morgan fingerprint density at radius 2 is 1.68 bits per heavy atom. The van der Waals surface area contributed by atoms with Crippen molar-refractivity contribution < 1.29 is 24.0 Å². The van der Waals surface area contributed by atoms with Crippen LogP contribution in [0.1, 0.15) is 26.4 Å². The number of hydrogen-bond acceptors (Lipinski definition) is 7. The first-order chi connectivity index (χ1) is 11.8. The van der Waals surface area contributed by atoms with Crippen LogP contribution in [0.25, 0.3) is 0 Å². The Kier molecular flexibility index (Phi) is 5.28. The van der Waals surface area contributed by atoms with Crippen molar-refractivity contribution in [2.45, 2.75) is 6.92 Å². The van der Waals surface area contributed by atoms with Crippen LogP contribution in [-0.4, -0.2) is 35.9 Å². The Bertz CT molecular complexity index is 850. The molecule has 1 aromatic carbocycles. The second-order valence-electron chi connectivity index (χ2n) is 4.97. The van der Waals surface area contributed by atoms with Crippen LogP contribution in [0.4, 0.5) is 5.82 Å². The zero-order valence-corrected chi connectivity index (χ0v) is 13.7. The first-order valence-electron chi connectivity index (χ1n) is 7.06. The molecule has 0 saturated heterocycles. The summed E-state index contributed by atoms with van der Waals surface area (Å²) in [5, 5.41) is 13.0. The third-order valence-electron chi connectivity index (χ3n) is 3.26. The van der Waals surface area contributed by atoms with Gasteiger partial charge in [-0.1, -0.05) is 0 Å². The lowest BCUT2D eigenvalue weighted by Crippen LogP contribution is -2.30. The van der Waals surface area contributed by atoms with E-state index >= 15 is 0 Å². The summed E-state index contributed by atoms with van der Waals surface area (Å²) in [5.41, 5.74) is 0.428. The van der Waals surface area contributed by atoms with Crippen molar-refractivity contribution in [3.63, 3.8) is 0 Å². The highest BCUT2D eigenvalue weighted by Crippen LogP contribution is 2.27. The Hall–Kier alpha value is -3.49. The van der Waals surface area contributed by atoms with Crippen molar-refractivity contribution in [2.24, 2.45) is 0 Å². The van der Waals surface area contributed by atoms with Gasteiger partial charge >= 0.3 is 5.82 Å². The number of hydrogen-bond donors (Lipinski definition) is 1. The monoisotopic (exact) mass is 345 g/mol. The molecule has 9 nitrogen and oxygen atoms in total. The number of pyridine rings is 1. The molecule has 2 amide bonds. The van der Waals surface area contributed by atoms with Crippen LogP contribution in [-0.2, 0) is 0 Å². The highest BCUT2D eigenvalue weighted by atomic mass is 16.6. The van der Waals surface area contributed by atoms with Gasteiger partial charge in [0.1, 0.15) is 0 Å². The molecule has 1 N–H and O–H groups in total. The van der Waals surface area contributed by atoms with Gasteiger partial charge in [0, 0.05) is 18.6 Å². The molecule has 9 heteroatoms. The van der Waals surface area contributed by atoms with Crippen molar-refractivity contribution in [1.29, 1.82) is 0 Å². The molecule has 0 saturated carbocycles. The van der Waals surface area contributed by atoms with Crippen LogP contribution in [0.3, 0.4) is 0 Å². The summed E-state index contributed by atoms with van der Waals surface area (Å²) in [6, 6.07) is 6.76. The lowest BCUT2D eigenvalue weighted by atomic mass is 10.1. The molecule has 0 bridgehead atoms. The van der Waals surface area contributed by atoms with Gasteiger partial charge in [-0.3, -0.25) is 14.9 Å². The molecule has 25 heavy (non-hydrogen) atoms. The average Bonchev–Trinajstić information content (AvgIpc) is 2.60. The fraction of sp³-hybridized carbons (Fsp3) is 0.188. The summed E-state index contributed by atoms with van der Waals surface area (Å²) in [4.78, 5) is 38.2. The molecule has 130 valence electrons. The van der Waals surface area contributed by atoms with Crippen molar-refractivity contribution >= 4 is 17.6 Å². The van der Waals surface area contributed by atoms with Crippen molar-refractivity contribution in [1.82, 2.24) is 10.3 Å².